The number of hydrogen-bond donors (Lipinski definition) is 1. The second-order valence-electron chi connectivity index (χ2n) is 4.59. The second-order valence-corrected chi connectivity index (χ2v) is 5.50. The lowest BCUT2D eigenvalue weighted by atomic mass is 10.00. The molecule has 1 aromatic carbocycles. The number of nitrogens with zero attached hydrogens (tertiary/aromatic N) is 1. The molecule has 1 unspecified atom stereocenters. The minimum Gasteiger partial charge on any atom is -0.313 e. The standard InChI is InChI=1S/C16H16N2S/c1-17-15(12-5-4-8-18-10-12)9-13-11-19-16-7-3-2-6-14(13)16/h2-8,10-11,15,17H,9H2,1H3. The third kappa shape index (κ3) is 2.53. The number of aromatic nitrogens is 1. The van der Waals surface area contributed by atoms with Crippen LogP contribution in [0.1, 0.15) is 17.2 Å². The first-order chi connectivity index (χ1) is 9.38. The summed E-state index contributed by atoms with van der Waals surface area (Å²) in [5, 5.41) is 7.03. The Morgan fingerprint density at radius 3 is 2.89 bits per heavy atom. The van der Waals surface area contributed by atoms with E-state index in [9.17, 15) is 0 Å². The van der Waals surface area contributed by atoms with Crippen LogP contribution in [0.4, 0.5) is 0 Å². The molecule has 3 aromatic rings. The van der Waals surface area contributed by atoms with Crippen LogP contribution in [0.25, 0.3) is 10.1 Å². The molecule has 2 aromatic heterocycles. The molecule has 2 nitrogen and oxygen atoms in total. The molecule has 2 heterocycles. The Bertz CT molecular complexity index is 661. The molecule has 0 aliphatic heterocycles. The summed E-state index contributed by atoms with van der Waals surface area (Å²) in [6.07, 6.45) is 4.75. The van der Waals surface area contributed by atoms with Crippen LogP contribution < -0.4 is 5.32 Å². The maximum Gasteiger partial charge on any atom is 0.0374 e. The highest BCUT2D eigenvalue weighted by molar-refractivity contribution is 7.17. The van der Waals surface area contributed by atoms with Gasteiger partial charge in [0.05, 0.1) is 0 Å². The first-order valence-corrected chi connectivity index (χ1v) is 7.29. The lowest BCUT2D eigenvalue weighted by molar-refractivity contribution is 0.592. The van der Waals surface area contributed by atoms with Crippen molar-refractivity contribution in [3.8, 4) is 0 Å². The summed E-state index contributed by atoms with van der Waals surface area (Å²) in [5.74, 6) is 0. The highest BCUT2D eigenvalue weighted by Crippen LogP contribution is 2.29. The predicted molar refractivity (Wildman–Crippen MR) is 81.6 cm³/mol. The fraction of sp³-hybridized carbons (Fsp3) is 0.188. The van der Waals surface area contributed by atoms with Crippen molar-refractivity contribution in [2.24, 2.45) is 0 Å². The molecule has 0 fully saturated rings. The third-order valence-corrected chi connectivity index (χ3v) is 4.43. The summed E-state index contributed by atoms with van der Waals surface area (Å²) in [6.45, 7) is 0. The topological polar surface area (TPSA) is 24.9 Å². The van der Waals surface area contributed by atoms with E-state index in [2.05, 4.69) is 46.0 Å². The number of fused-ring (bicyclic) bond motifs is 1. The minimum absolute atomic E-state index is 0.312. The molecule has 96 valence electrons. The average Bonchev–Trinajstić information content (AvgIpc) is 2.89. The Morgan fingerprint density at radius 1 is 1.21 bits per heavy atom. The molecule has 3 rings (SSSR count). The molecule has 0 amide bonds. The smallest absolute Gasteiger partial charge is 0.0374 e. The van der Waals surface area contributed by atoms with Crippen LogP contribution in [0.15, 0.2) is 54.2 Å². The minimum atomic E-state index is 0.312. The molecule has 0 aliphatic rings. The van der Waals surface area contributed by atoms with Crippen molar-refractivity contribution in [1.29, 1.82) is 0 Å². The fourth-order valence-corrected chi connectivity index (χ4v) is 3.36. The number of thiophene rings is 1. The van der Waals surface area contributed by atoms with Crippen LogP contribution in [-0.2, 0) is 6.42 Å². The lowest BCUT2D eigenvalue weighted by Gasteiger charge is -2.15. The monoisotopic (exact) mass is 268 g/mol. The normalized spacial score (nSPS) is 12.7. The van der Waals surface area contributed by atoms with Crippen LogP contribution in [0, 0.1) is 0 Å². The number of nitrogens with one attached hydrogen (secondary N) is 1. The van der Waals surface area contributed by atoms with Gasteiger partial charge in [0, 0.05) is 23.1 Å². The van der Waals surface area contributed by atoms with Crippen molar-refractivity contribution < 1.29 is 0 Å². The summed E-state index contributed by atoms with van der Waals surface area (Å²) < 4.78 is 1.36. The van der Waals surface area contributed by atoms with Crippen molar-refractivity contribution in [1.82, 2.24) is 10.3 Å². The van der Waals surface area contributed by atoms with E-state index in [0.29, 0.717) is 6.04 Å². The zero-order valence-electron chi connectivity index (χ0n) is 10.8. The zero-order valence-corrected chi connectivity index (χ0v) is 11.7. The number of likely N-dealkylation sites (N-methyl/N-ethyl adjacent to an activating group) is 1. The van der Waals surface area contributed by atoms with E-state index in [0.717, 1.165) is 6.42 Å². The van der Waals surface area contributed by atoms with Gasteiger partial charge in [0.1, 0.15) is 0 Å². The van der Waals surface area contributed by atoms with Crippen LogP contribution in [0.2, 0.25) is 0 Å². The highest BCUT2D eigenvalue weighted by Gasteiger charge is 2.12. The highest BCUT2D eigenvalue weighted by atomic mass is 32.1. The molecule has 19 heavy (non-hydrogen) atoms. The van der Waals surface area contributed by atoms with Crippen LogP contribution in [-0.4, -0.2) is 12.0 Å². The third-order valence-electron chi connectivity index (χ3n) is 3.42. The first-order valence-electron chi connectivity index (χ1n) is 6.41. The largest absolute Gasteiger partial charge is 0.313 e. The molecular formula is C16H16N2S. The SMILES string of the molecule is CNC(Cc1csc2ccccc12)c1cccnc1. The quantitative estimate of drug-likeness (QED) is 0.778. The van der Waals surface area contributed by atoms with E-state index in [-0.39, 0.29) is 0 Å². The van der Waals surface area contributed by atoms with E-state index in [1.807, 2.05) is 36.8 Å². The van der Waals surface area contributed by atoms with Crippen LogP contribution in [0.3, 0.4) is 0 Å². The maximum absolute atomic E-state index is 4.21. The van der Waals surface area contributed by atoms with Gasteiger partial charge in [-0.25, -0.2) is 0 Å². The van der Waals surface area contributed by atoms with Gasteiger partial charge in [-0.15, -0.1) is 11.3 Å². The summed E-state index contributed by atoms with van der Waals surface area (Å²) in [5.41, 5.74) is 2.64. The van der Waals surface area contributed by atoms with E-state index < -0.39 is 0 Å². The molecule has 3 heteroatoms. The summed E-state index contributed by atoms with van der Waals surface area (Å²) in [7, 11) is 2.01. The Labute approximate surface area is 117 Å². The van der Waals surface area contributed by atoms with Crippen molar-refractivity contribution in [3.05, 3.63) is 65.3 Å². The van der Waals surface area contributed by atoms with Gasteiger partial charge >= 0.3 is 0 Å². The van der Waals surface area contributed by atoms with Crippen LogP contribution >= 0.6 is 11.3 Å². The molecule has 0 bridgehead atoms. The molecule has 0 spiro atoms. The molecule has 1 N–H and O–H groups in total. The van der Waals surface area contributed by atoms with Crippen molar-refractivity contribution in [2.45, 2.75) is 12.5 Å². The summed E-state index contributed by atoms with van der Waals surface area (Å²) in [4.78, 5) is 4.21. The molecule has 0 radical (unpaired) electrons. The predicted octanol–water partition coefficient (Wildman–Crippen LogP) is 3.80. The molecule has 0 saturated heterocycles. The van der Waals surface area contributed by atoms with Gasteiger partial charge < -0.3 is 5.32 Å². The van der Waals surface area contributed by atoms with Gasteiger partial charge in [-0.1, -0.05) is 24.3 Å². The van der Waals surface area contributed by atoms with Gasteiger partial charge in [0.25, 0.3) is 0 Å². The summed E-state index contributed by atoms with van der Waals surface area (Å²) in [6, 6.07) is 13.0. The fourth-order valence-electron chi connectivity index (χ4n) is 2.38. The van der Waals surface area contributed by atoms with Gasteiger partial charge in [-0.3, -0.25) is 4.98 Å². The Hall–Kier alpha value is -1.71. The van der Waals surface area contributed by atoms with Gasteiger partial charge in [-0.2, -0.15) is 0 Å². The zero-order chi connectivity index (χ0) is 13.1. The van der Waals surface area contributed by atoms with E-state index in [1.54, 1.807) is 0 Å². The van der Waals surface area contributed by atoms with Gasteiger partial charge in [0.2, 0.25) is 0 Å². The second kappa shape index (κ2) is 5.51. The maximum atomic E-state index is 4.21. The lowest BCUT2D eigenvalue weighted by Crippen LogP contribution is -2.18. The number of hydrogen-bond acceptors (Lipinski definition) is 3. The number of pyridine rings is 1. The van der Waals surface area contributed by atoms with Crippen molar-refractivity contribution >= 4 is 21.4 Å². The van der Waals surface area contributed by atoms with Gasteiger partial charge in [0.15, 0.2) is 0 Å². The molecule has 1 atom stereocenters. The number of benzene rings is 1. The number of rotatable bonds is 4. The summed E-state index contributed by atoms with van der Waals surface area (Å²) >= 11 is 1.82. The van der Waals surface area contributed by atoms with E-state index in [4.69, 9.17) is 0 Å². The average molecular weight is 268 g/mol. The van der Waals surface area contributed by atoms with Crippen molar-refractivity contribution in [3.63, 3.8) is 0 Å². The molecule has 0 aliphatic carbocycles. The first kappa shape index (κ1) is 12.3. The Balaban J connectivity index is 1.91. The van der Waals surface area contributed by atoms with Crippen molar-refractivity contribution in [2.75, 3.05) is 7.05 Å². The van der Waals surface area contributed by atoms with E-state index >= 15 is 0 Å². The van der Waals surface area contributed by atoms with E-state index in [1.165, 1.54) is 21.2 Å². The molecule has 0 saturated carbocycles. The van der Waals surface area contributed by atoms with Crippen LogP contribution in [0.5, 0.6) is 0 Å². The molecular weight excluding hydrogens is 252 g/mol. The Kier molecular flexibility index (Phi) is 3.58. The van der Waals surface area contributed by atoms with Gasteiger partial charge in [-0.05, 0) is 47.5 Å². The Morgan fingerprint density at radius 2 is 2.11 bits per heavy atom.